The molecule has 1 N–H and O–H groups in total. The van der Waals surface area contributed by atoms with E-state index in [0.717, 1.165) is 24.6 Å². The Bertz CT molecular complexity index is 988. The minimum absolute atomic E-state index is 0.135. The number of esters is 1. The van der Waals surface area contributed by atoms with E-state index in [2.05, 4.69) is 5.32 Å². The Morgan fingerprint density at radius 2 is 1.94 bits per heavy atom. The SMILES string of the molecule is C[C@H](SC[C@H](C(=O)OCc1ccc([N+](=O)[O-])cc1)S(=O)(=O)ON1CCCC1)C(=O)NCC#N. The van der Waals surface area contributed by atoms with Crippen molar-refractivity contribution in [2.24, 2.45) is 0 Å². The van der Waals surface area contributed by atoms with Gasteiger partial charge in [-0.15, -0.1) is 11.8 Å². The molecule has 1 aliphatic heterocycles. The zero-order valence-electron chi connectivity index (χ0n) is 17.8. The summed E-state index contributed by atoms with van der Waals surface area (Å²) in [5.74, 6) is -1.85. The number of carbonyl (C=O) groups is 2. The molecule has 1 heterocycles. The minimum atomic E-state index is -4.41. The number of ether oxygens (including phenoxy) is 1. The highest BCUT2D eigenvalue weighted by Crippen LogP contribution is 2.21. The number of hydrogen-bond donors (Lipinski definition) is 1. The number of rotatable bonds is 12. The third-order valence-corrected chi connectivity index (χ3v) is 7.55. The van der Waals surface area contributed by atoms with Crippen LogP contribution in [0.15, 0.2) is 24.3 Å². The van der Waals surface area contributed by atoms with Crippen molar-refractivity contribution < 1.29 is 32.0 Å². The summed E-state index contributed by atoms with van der Waals surface area (Å²) in [4.78, 5) is 34.8. The number of non-ortho nitro benzene ring substituents is 1. The fourth-order valence-corrected chi connectivity index (χ4v) is 5.36. The predicted octanol–water partition coefficient (Wildman–Crippen LogP) is 1.13. The quantitative estimate of drug-likeness (QED) is 0.189. The number of nitrogens with one attached hydrogen (secondary N) is 1. The fourth-order valence-electron chi connectivity index (χ4n) is 2.77. The summed E-state index contributed by atoms with van der Waals surface area (Å²) in [7, 11) is -4.41. The lowest BCUT2D eigenvalue weighted by atomic mass is 10.2. The van der Waals surface area contributed by atoms with E-state index in [0.29, 0.717) is 18.7 Å². The molecule has 0 radical (unpaired) electrons. The molecule has 2 atom stereocenters. The molecule has 1 amide bonds. The summed E-state index contributed by atoms with van der Waals surface area (Å²) in [6.07, 6.45) is 1.52. The molecule has 12 nitrogen and oxygen atoms in total. The summed E-state index contributed by atoms with van der Waals surface area (Å²) < 4.78 is 35.9. The molecular formula is C19H24N4O8S2. The number of nitrogens with zero attached hydrogens (tertiary/aromatic N) is 3. The minimum Gasteiger partial charge on any atom is -0.460 e. The van der Waals surface area contributed by atoms with Gasteiger partial charge in [-0.3, -0.25) is 19.7 Å². The maximum Gasteiger partial charge on any atom is 0.328 e. The molecule has 33 heavy (non-hydrogen) atoms. The molecule has 1 aromatic carbocycles. The first-order valence-electron chi connectivity index (χ1n) is 9.98. The van der Waals surface area contributed by atoms with E-state index < -0.39 is 37.4 Å². The van der Waals surface area contributed by atoms with Crippen molar-refractivity contribution >= 4 is 39.4 Å². The summed E-state index contributed by atoms with van der Waals surface area (Å²) in [5.41, 5.74) is 0.298. The first-order chi connectivity index (χ1) is 15.6. The van der Waals surface area contributed by atoms with Crippen LogP contribution in [0.2, 0.25) is 0 Å². The third-order valence-electron chi connectivity index (χ3n) is 4.62. The number of nitriles is 1. The van der Waals surface area contributed by atoms with Gasteiger partial charge in [0.25, 0.3) is 15.8 Å². The van der Waals surface area contributed by atoms with E-state index in [9.17, 15) is 28.1 Å². The lowest BCUT2D eigenvalue weighted by Crippen LogP contribution is -2.40. The van der Waals surface area contributed by atoms with Gasteiger partial charge in [0.1, 0.15) is 13.2 Å². The molecule has 14 heteroatoms. The van der Waals surface area contributed by atoms with Crippen LogP contribution in [0.1, 0.15) is 25.3 Å². The van der Waals surface area contributed by atoms with Crippen molar-refractivity contribution in [3.63, 3.8) is 0 Å². The Hall–Kier alpha value is -2.73. The van der Waals surface area contributed by atoms with Crippen LogP contribution in [-0.2, 0) is 35.3 Å². The number of amides is 1. The van der Waals surface area contributed by atoms with Crippen LogP contribution in [0.4, 0.5) is 5.69 Å². The van der Waals surface area contributed by atoms with Crippen molar-refractivity contribution in [1.82, 2.24) is 10.4 Å². The smallest absolute Gasteiger partial charge is 0.328 e. The molecule has 1 aliphatic rings. The van der Waals surface area contributed by atoms with Gasteiger partial charge in [-0.1, -0.05) is 0 Å². The second kappa shape index (κ2) is 12.5. The lowest BCUT2D eigenvalue weighted by molar-refractivity contribution is -0.384. The van der Waals surface area contributed by atoms with E-state index in [1.807, 2.05) is 0 Å². The van der Waals surface area contributed by atoms with Gasteiger partial charge in [-0.05, 0) is 37.5 Å². The molecule has 0 saturated carbocycles. The number of hydrogen-bond acceptors (Lipinski definition) is 11. The summed E-state index contributed by atoms with van der Waals surface area (Å²) in [6.45, 7) is 1.84. The Labute approximate surface area is 195 Å². The van der Waals surface area contributed by atoms with Crippen molar-refractivity contribution in [3.05, 3.63) is 39.9 Å². The fraction of sp³-hybridized carbons (Fsp3) is 0.526. The second-order valence-electron chi connectivity index (χ2n) is 7.07. The average Bonchev–Trinajstić information content (AvgIpc) is 3.28. The van der Waals surface area contributed by atoms with Crippen LogP contribution in [-0.4, -0.2) is 66.2 Å². The van der Waals surface area contributed by atoms with Crippen LogP contribution in [0.5, 0.6) is 0 Å². The summed E-state index contributed by atoms with van der Waals surface area (Å²) in [5, 5.41) is 20.5. The number of nitro groups is 1. The highest BCUT2D eigenvalue weighted by molar-refractivity contribution is 8.01. The van der Waals surface area contributed by atoms with Crippen molar-refractivity contribution in [1.29, 1.82) is 5.26 Å². The normalized spacial score (nSPS) is 15.9. The van der Waals surface area contributed by atoms with Crippen LogP contribution in [0, 0.1) is 21.4 Å². The standard InChI is InChI=1S/C19H24N4O8S2/c1-14(18(24)21-9-8-20)32-13-17(33(28,29)31-22-10-2-3-11-22)19(25)30-12-15-4-6-16(7-5-15)23(26)27/h4-7,14,17H,2-3,9-13H2,1H3,(H,21,24)/t14-,17+/m0/s1. The third kappa shape index (κ3) is 8.28. The van der Waals surface area contributed by atoms with Gasteiger partial charge in [-0.25, -0.2) is 0 Å². The number of benzene rings is 1. The van der Waals surface area contributed by atoms with Crippen molar-refractivity contribution in [2.75, 3.05) is 25.4 Å². The number of hydroxylamine groups is 2. The Morgan fingerprint density at radius 3 is 2.52 bits per heavy atom. The van der Waals surface area contributed by atoms with Gasteiger partial charge in [-0.2, -0.15) is 23.0 Å². The van der Waals surface area contributed by atoms with Crippen LogP contribution < -0.4 is 5.32 Å². The molecule has 1 saturated heterocycles. The number of nitro benzene ring substituents is 1. The van der Waals surface area contributed by atoms with Crippen LogP contribution in [0.25, 0.3) is 0 Å². The first kappa shape index (κ1) is 26.5. The summed E-state index contributed by atoms with van der Waals surface area (Å²) in [6, 6.07) is 7.04. The molecule has 0 aromatic heterocycles. The van der Waals surface area contributed by atoms with Crippen LogP contribution in [0.3, 0.4) is 0 Å². The van der Waals surface area contributed by atoms with Crippen molar-refractivity contribution in [2.45, 2.75) is 36.9 Å². The molecule has 180 valence electrons. The molecule has 0 spiro atoms. The van der Waals surface area contributed by atoms with E-state index >= 15 is 0 Å². The topological polar surface area (TPSA) is 169 Å². The molecule has 1 aromatic rings. The molecule has 0 aliphatic carbocycles. The highest BCUT2D eigenvalue weighted by atomic mass is 32.2. The van der Waals surface area contributed by atoms with Gasteiger partial charge < -0.3 is 10.1 Å². The largest absolute Gasteiger partial charge is 0.460 e. The molecule has 0 unspecified atom stereocenters. The monoisotopic (exact) mass is 500 g/mol. The average molecular weight is 501 g/mol. The summed E-state index contributed by atoms with van der Waals surface area (Å²) >= 11 is 0.908. The van der Waals surface area contributed by atoms with E-state index in [1.54, 1.807) is 6.07 Å². The number of carbonyl (C=O) groups excluding carboxylic acids is 2. The Balaban J connectivity index is 2.07. The predicted molar refractivity (Wildman–Crippen MR) is 118 cm³/mol. The molecular weight excluding hydrogens is 476 g/mol. The first-order valence-corrected chi connectivity index (χ1v) is 12.5. The second-order valence-corrected chi connectivity index (χ2v) is 10.2. The Kier molecular flexibility index (Phi) is 10.0. The van der Waals surface area contributed by atoms with Crippen LogP contribution >= 0.6 is 11.8 Å². The molecule has 2 rings (SSSR count). The molecule has 1 fully saturated rings. The van der Waals surface area contributed by atoms with Gasteiger partial charge in [0, 0.05) is 31.0 Å². The van der Waals surface area contributed by atoms with Gasteiger partial charge in [0.15, 0.2) is 5.25 Å². The van der Waals surface area contributed by atoms with Gasteiger partial charge >= 0.3 is 5.97 Å². The maximum atomic E-state index is 12.8. The number of thioether (sulfide) groups is 1. The van der Waals surface area contributed by atoms with Gasteiger partial charge in [0.05, 0.1) is 16.2 Å². The zero-order valence-corrected chi connectivity index (χ0v) is 19.5. The van der Waals surface area contributed by atoms with E-state index in [4.69, 9.17) is 14.3 Å². The Morgan fingerprint density at radius 1 is 1.30 bits per heavy atom. The molecule has 0 bridgehead atoms. The van der Waals surface area contributed by atoms with Crippen molar-refractivity contribution in [3.8, 4) is 6.07 Å². The zero-order chi connectivity index (χ0) is 24.4. The van der Waals surface area contributed by atoms with Gasteiger partial charge in [0.2, 0.25) is 5.91 Å². The highest BCUT2D eigenvalue weighted by Gasteiger charge is 2.38. The maximum absolute atomic E-state index is 12.8. The van der Waals surface area contributed by atoms with E-state index in [1.165, 1.54) is 36.3 Å². The van der Waals surface area contributed by atoms with E-state index in [-0.39, 0.29) is 24.6 Å². The lowest BCUT2D eigenvalue weighted by Gasteiger charge is -2.21.